The molecule has 1 aromatic heterocycles. The summed E-state index contributed by atoms with van der Waals surface area (Å²) in [5.41, 5.74) is 5.66. The summed E-state index contributed by atoms with van der Waals surface area (Å²) in [6, 6.07) is 27.1. The number of nitrogens with zero attached hydrogens (tertiary/aromatic N) is 2. The van der Waals surface area contributed by atoms with Gasteiger partial charge in [-0.05, 0) is 36.8 Å². The molecule has 0 bridgehead atoms. The molecule has 0 radical (unpaired) electrons. The summed E-state index contributed by atoms with van der Waals surface area (Å²) < 4.78 is 0. The first-order valence-electron chi connectivity index (χ1n) is 10.9. The number of nitrogens with one attached hydrogen (secondary N) is 1. The maximum atomic E-state index is 12.5. The molecule has 4 nitrogen and oxygen atoms in total. The number of hydrogen-bond donors (Lipinski definition) is 1. The number of aromatic nitrogens is 1. The van der Waals surface area contributed by atoms with E-state index in [1.807, 2.05) is 67.6 Å². The number of benzene rings is 3. The third-order valence-corrected chi connectivity index (χ3v) is 6.83. The first-order valence-corrected chi connectivity index (χ1v) is 12.6. The van der Waals surface area contributed by atoms with E-state index >= 15 is 0 Å². The zero-order valence-electron chi connectivity index (χ0n) is 18.9. The summed E-state index contributed by atoms with van der Waals surface area (Å²) >= 11 is 13.5. The summed E-state index contributed by atoms with van der Waals surface area (Å²) in [6.07, 6.45) is 0.228. The molecule has 0 aliphatic carbocycles. The minimum Gasteiger partial charge on any atom is -0.325 e. The Morgan fingerprint density at radius 1 is 1.00 bits per heavy atom. The molecule has 0 unspecified atom stereocenters. The molecule has 3 aromatic carbocycles. The molecule has 4 rings (SSSR count). The molecule has 35 heavy (non-hydrogen) atoms. The zero-order chi connectivity index (χ0) is 24.8. The van der Waals surface area contributed by atoms with Gasteiger partial charge < -0.3 is 5.32 Å². The van der Waals surface area contributed by atoms with Crippen molar-refractivity contribution in [3.8, 4) is 28.5 Å². The lowest BCUT2D eigenvalue weighted by Gasteiger charge is -2.13. The van der Waals surface area contributed by atoms with Gasteiger partial charge in [-0.2, -0.15) is 5.26 Å². The van der Waals surface area contributed by atoms with Crippen LogP contribution in [0, 0.1) is 18.3 Å². The lowest BCUT2D eigenvalue weighted by Crippen LogP contribution is -2.12. The van der Waals surface area contributed by atoms with Crippen LogP contribution in [0.1, 0.15) is 17.5 Å². The van der Waals surface area contributed by atoms with Crippen LogP contribution in [0.25, 0.3) is 22.4 Å². The van der Waals surface area contributed by atoms with Gasteiger partial charge >= 0.3 is 0 Å². The van der Waals surface area contributed by atoms with E-state index in [1.54, 1.807) is 18.2 Å². The maximum absolute atomic E-state index is 12.5. The number of nitriles is 1. The monoisotopic (exact) mass is 517 g/mol. The molecule has 0 saturated heterocycles. The lowest BCUT2D eigenvalue weighted by atomic mass is 9.98. The fourth-order valence-corrected chi connectivity index (χ4v) is 4.90. The van der Waals surface area contributed by atoms with E-state index in [4.69, 9.17) is 28.2 Å². The third kappa shape index (κ3) is 6.23. The Morgan fingerprint density at radius 3 is 2.43 bits per heavy atom. The lowest BCUT2D eigenvalue weighted by molar-refractivity contribution is -0.115. The number of aryl methyl sites for hydroxylation is 1. The van der Waals surface area contributed by atoms with Crippen molar-refractivity contribution in [1.82, 2.24) is 4.98 Å². The fraction of sp³-hybridized carbons (Fsp3) is 0.107. The summed E-state index contributed by atoms with van der Waals surface area (Å²) in [5.74, 6) is 0.266. The van der Waals surface area contributed by atoms with E-state index < -0.39 is 0 Å². The molecule has 174 valence electrons. The van der Waals surface area contributed by atoms with Gasteiger partial charge in [0.2, 0.25) is 5.91 Å². The minimum atomic E-state index is -0.182. The Labute approximate surface area is 218 Å². The highest BCUT2D eigenvalue weighted by atomic mass is 35.5. The number of rotatable bonds is 7. The quantitative estimate of drug-likeness (QED) is 0.252. The number of hydrogen-bond acceptors (Lipinski definition) is 4. The second-order valence-corrected chi connectivity index (χ2v) is 9.78. The van der Waals surface area contributed by atoms with E-state index in [-0.39, 0.29) is 12.3 Å². The molecule has 0 aliphatic rings. The van der Waals surface area contributed by atoms with E-state index in [2.05, 4.69) is 11.4 Å². The smallest absolute Gasteiger partial charge is 0.225 e. The van der Waals surface area contributed by atoms with Crippen molar-refractivity contribution in [1.29, 1.82) is 5.26 Å². The Kier molecular flexibility index (Phi) is 8.09. The van der Waals surface area contributed by atoms with Crippen molar-refractivity contribution in [2.45, 2.75) is 18.4 Å². The van der Waals surface area contributed by atoms with E-state index in [0.717, 1.165) is 27.9 Å². The maximum Gasteiger partial charge on any atom is 0.225 e. The van der Waals surface area contributed by atoms with Crippen LogP contribution in [0.4, 0.5) is 5.69 Å². The van der Waals surface area contributed by atoms with Gasteiger partial charge in [0.25, 0.3) is 0 Å². The summed E-state index contributed by atoms with van der Waals surface area (Å²) in [6.45, 7) is 2.03. The molecule has 0 aliphatic heterocycles. The van der Waals surface area contributed by atoms with Crippen LogP contribution in [0.3, 0.4) is 0 Å². The van der Waals surface area contributed by atoms with Crippen LogP contribution < -0.4 is 5.32 Å². The molecule has 1 amide bonds. The Balaban J connectivity index is 1.59. The predicted octanol–water partition coefficient (Wildman–Crippen LogP) is 8.02. The molecular formula is C28H21Cl2N3OS. The second kappa shape index (κ2) is 11.4. The topological polar surface area (TPSA) is 65.8 Å². The number of halogens is 2. The number of pyridine rings is 1. The van der Waals surface area contributed by atoms with Crippen LogP contribution in [0.5, 0.6) is 0 Å². The van der Waals surface area contributed by atoms with Crippen LogP contribution >= 0.6 is 35.0 Å². The number of carbonyl (C=O) groups excluding carboxylic acids is 1. The van der Waals surface area contributed by atoms with Crippen LogP contribution in [0.15, 0.2) is 83.9 Å². The van der Waals surface area contributed by atoms with Gasteiger partial charge in [0.05, 0.1) is 22.0 Å². The van der Waals surface area contributed by atoms with Gasteiger partial charge in [-0.25, -0.2) is 4.98 Å². The van der Waals surface area contributed by atoms with Gasteiger partial charge in [0, 0.05) is 28.3 Å². The van der Waals surface area contributed by atoms with Crippen molar-refractivity contribution in [3.63, 3.8) is 0 Å². The van der Waals surface area contributed by atoms with Crippen LogP contribution in [-0.2, 0) is 4.79 Å². The first kappa shape index (κ1) is 24.8. The van der Waals surface area contributed by atoms with Crippen molar-refractivity contribution < 1.29 is 4.79 Å². The number of amides is 1. The second-order valence-electron chi connectivity index (χ2n) is 7.85. The van der Waals surface area contributed by atoms with Crippen LogP contribution in [0.2, 0.25) is 10.0 Å². The molecule has 0 saturated carbocycles. The van der Waals surface area contributed by atoms with E-state index in [0.29, 0.717) is 32.1 Å². The standard InChI is InChI=1S/C28H21Cl2N3OS/c1-18-7-9-19(10-8-18)22-16-26(20-5-3-2-4-6-20)33-28(23(22)17-31)35-14-13-27(34)32-25-12-11-21(29)15-24(25)30/h2-12,15-16H,13-14H2,1H3,(H,32,34). The van der Waals surface area contributed by atoms with Crippen molar-refractivity contribution in [2.24, 2.45) is 0 Å². The van der Waals surface area contributed by atoms with E-state index in [9.17, 15) is 10.1 Å². The van der Waals surface area contributed by atoms with Crippen molar-refractivity contribution >= 4 is 46.6 Å². The Morgan fingerprint density at radius 2 is 1.74 bits per heavy atom. The summed E-state index contributed by atoms with van der Waals surface area (Å²) in [7, 11) is 0. The van der Waals surface area contributed by atoms with Gasteiger partial charge in [-0.1, -0.05) is 83.4 Å². The minimum absolute atomic E-state index is 0.182. The average molecular weight is 518 g/mol. The number of thioether (sulfide) groups is 1. The molecule has 0 spiro atoms. The van der Waals surface area contributed by atoms with Gasteiger partial charge in [-0.3, -0.25) is 4.79 Å². The molecule has 0 atom stereocenters. The highest BCUT2D eigenvalue weighted by Gasteiger charge is 2.16. The van der Waals surface area contributed by atoms with E-state index in [1.165, 1.54) is 11.8 Å². The Hall–Kier alpha value is -3.30. The molecule has 7 heteroatoms. The van der Waals surface area contributed by atoms with Gasteiger partial charge in [0.15, 0.2) is 0 Å². The molecule has 1 heterocycles. The van der Waals surface area contributed by atoms with Crippen molar-refractivity contribution in [3.05, 3.63) is 100 Å². The average Bonchev–Trinajstić information content (AvgIpc) is 2.86. The SMILES string of the molecule is Cc1ccc(-c2cc(-c3ccccc3)nc(SCCC(=O)Nc3ccc(Cl)cc3Cl)c2C#N)cc1. The predicted molar refractivity (Wildman–Crippen MR) is 145 cm³/mol. The number of carbonyl (C=O) groups is 1. The summed E-state index contributed by atoms with van der Waals surface area (Å²) in [4.78, 5) is 17.3. The van der Waals surface area contributed by atoms with Gasteiger partial charge in [-0.15, -0.1) is 11.8 Å². The number of anilines is 1. The first-order chi connectivity index (χ1) is 16.9. The fourth-order valence-electron chi connectivity index (χ4n) is 3.50. The molecule has 4 aromatic rings. The van der Waals surface area contributed by atoms with Crippen molar-refractivity contribution in [2.75, 3.05) is 11.1 Å². The molecule has 1 N–H and O–H groups in total. The summed E-state index contributed by atoms with van der Waals surface area (Å²) in [5, 5.41) is 14.3. The molecule has 0 fully saturated rings. The zero-order valence-corrected chi connectivity index (χ0v) is 21.2. The molecular weight excluding hydrogens is 497 g/mol. The highest BCUT2D eigenvalue weighted by Crippen LogP contribution is 2.34. The third-order valence-electron chi connectivity index (χ3n) is 5.30. The Bertz CT molecular complexity index is 1400. The highest BCUT2D eigenvalue weighted by molar-refractivity contribution is 7.99. The largest absolute Gasteiger partial charge is 0.325 e. The van der Waals surface area contributed by atoms with Gasteiger partial charge in [0.1, 0.15) is 11.1 Å². The van der Waals surface area contributed by atoms with Crippen LogP contribution in [-0.4, -0.2) is 16.6 Å². The normalized spacial score (nSPS) is 10.6.